The largest absolute Gasteiger partial charge is 0.456 e. The lowest BCUT2D eigenvalue weighted by molar-refractivity contribution is 0.487. The molecule has 1 heterocycles. The van der Waals surface area contributed by atoms with E-state index in [0.717, 1.165) is 17.1 Å². The molecular formula is C38H24O. The molecule has 0 spiro atoms. The van der Waals surface area contributed by atoms with Crippen LogP contribution < -0.4 is 4.74 Å². The van der Waals surface area contributed by atoms with Crippen LogP contribution in [-0.2, 0) is 0 Å². The van der Waals surface area contributed by atoms with Crippen molar-refractivity contribution in [3.8, 4) is 56.0 Å². The van der Waals surface area contributed by atoms with Gasteiger partial charge in [0.15, 0.2) is 0 Å². The zero-order chi connectivity index (χ0) is 25.8. The summed E-state index contributed by atoms with van der Waals surface area (Å²) in [4.78, 5) is 0. The first-order valence-electron chi connectivity index (χ1n) is 13.4. The molecule has 0 saturated heterocycles. The minimum Gasteiger partial charge on any atom is -0.456 e. The van der Waals surface area contributed by atoms with Gasteiger partial charge in [0.25, 0.3) is 0 Å². The summed E-state index contributed by atoms with van der Waals surface area (Å²) in [5, 5.41) is 4.93. The minimum atomic E-state index is 0.916. The number of fused-ring (bicyclic) bond motifs is 3. The van der Waals surface area contributed by atoms with E-state index in [4.69, 9.17) is 4.74 Å². The lowest BCUT2D eigenvalue weighted by Crippen LogP contribution is -1.97. The van der Waals surface area contributed by atoms with Crippen molar-refractivity contribution >= 4 is 21.5 Å². The van der Waals surface area contributed by atoms with Gasteiger partial charge < -0.3 is 4.74 Å². The van der Waals surface area contributed by atoms with Crippen LogP contribution in [0.2, 0.25) is 0 Å². The van der Waals surface area contributed by atoms with Crippen molar-refractivity contribution in [2.24, 2.45) is 0 Å². The Hall–Kier alpha value is -5.14. The SMILES string of the molecule is c1ccc(-c2cccc3cccc(-c4ccc(-c5ccc6c7c(cccc57)-c5ccccc5O6)cc4)c23)cc1. The van der Waals surface area contributed by atoms with E-state index in [1.54, 1.807) is 0 Å². The highest BCUT2D eigenvalue weighted by Crippen LogP contribution is 2.48. The average molecular weight is 497 g/mol. The third-order valence-electron chi connectivity index (χ3n) is 7.90. The molecule has 1 aliphatic rings. The molecule has 0 aromatic heterocycles. The fourth-order valence-electron chi connectivity index (χ4n) is 6.10. The Morgan fingerprint density at radius 2 is 0.897 bits per heavy atom. The molecule has 182 valence electrons. The maximum atomic E-state index is 6.31. The molecule has 0 radical (unpaired) electrons. The highest BCUT2D eigenvalue weighted by atomic mass is 16.5. The van der Waals surface area contributed by atoms with Gasteiger partial charge in [-0.1, -0.05) is 133 Å². The summed E-state index contributed by atoms with van der Waals surface area (Å²) in [6, 6.07) is 52.0. The first kappa shape index (κ1) is 21.9. The quantitative estimate of drug-likeness (QED) is 0.236. The summed E-state index contributed by atoms with van der Waals surface area (Å²) in [5.74, 6) is 1.84. The zero-order valence-electron chi connectivity index (χ0n) is 21.3. The molecule has 0 N–H and O–H groups in total. The van der Waals surface area contributed by atoms with E-state index < -0.39 is 0 Å². The van der Waals surface area contributed by atoms with Gasteiger partial charge in [0.1, 0.15) is 11.5 Å². The van der Waals surface area contributed by atoms with E-state index in [1.807, 2.05) is 12.1 Å². The number of para-hydroxylation sites is 1. The summed E-state index contributed by atoms with van der Waals surface area (Å²) in [6.07, 6.45) is 0. The Morgan fingerprint density at radius 3 is 1.67 bits per heavy atom. The number of rotatable bonds is 3. The van der Waals surface area contributed by atoms with Crippen molar-refractivity contribution in [3.63, 3.8) is 0 Å². The molecule has 0 fully saturated rings. The van der Waals surface area contributed by atoms with E-state index >= 15 is 0 Å². The van der Waals surface area contributed by atoms with Gasteiger partial charge in [-0.05, 0) is 67.2 Å². The Kier molecular flexibility index (Phi) is 4.89. The van der Waals surface area contributed by atoms with Gasteiger partial charge in [0.05, 0.1) is 0 Å². The third-order valence-corrected chi connectivity index (χ3v) is 7.90. The summed E-state index contributed by atoms with van der Waals surface area (Å²) in [6.45, 7) is 0. The van der Waals surface area contributed by atoms with Crippen LogP contribution in [0.5, 0.6) is 11.5 Å². The van der Waals surface area contributed by atoms with Gasteiger partial charge in [-0.15, -0.1) is 0 Å². The first-order valence-corrected chi connectivity index (χ1v) is 13.4. The molecule has 7 aromatic rings. The van der Waals surface area contributed by atoms with Crippen molar-refractivity contribution in [1.29, 1.82) is 0 Å². The number of hydrogen-bond donors (Lipinski definition) is 0. The van der Waals surface area contributed by atoms with E-state index in [2.05, 4.69) is 133 Å². The number of hydrogen-bond acceptors (Lipinski definition) is 1. The molecule has 1 aliphatic heterocycles. The second-order valence-electron chi connectivity index (χ2n) is 10.1. The normalized spacial score (nSPS) is 11.8. The van der Waals surface area contributed by atoms with Crippen molar-refractivity contribution in [3.05, 3.63) is 146 Å². The first-order chi connectivity index (χ1) is 19.3. The molecule has 0 amide bonds. The van der Waals surface area contributed by atoms with E-state index in [0.29, 0.717) is 0 Å². The average Bonchev–Trinajstić information content (AvgIpc) is 3.01. The highest BCUT2D eigenvalue weighted by molar-refractivity contribution is 6.10. The Balaban J connectivity index is 1.26. The summed E-state index contributed by atoms with van der Waals surface area (Å²) in [5.41, 5.74) is 9.75. The number of ether oxygens (including phenoxy) is 1. The lowest BCUT2D eigenvalue weighted by atomic mass is 9.89. The molecule has 39 heavy (non-hydrogen) atoms. The standard InChI is InChI=1S/C38H24O/c1-2-9-25(10-3-1)30-14-6-11-28-12-7-15-31(37(28)30)27-21-19-26(20-22-27)29-23-24-36-38-33(29)16-8-17-34(38)32-13-4-5-18-35(32)39-36/h1-24H. The van der Waals surface area contributed by atoms with Gasteiger partial charge in [-0.3, -0.25) is 0 Å². The van der Waals surface area contributed by atoms with Crippen molar-refractivity contribution < 1.29 is 4.74 Å². The predicted octanol–water partition coefficient (Wildman–Crippen LogP) is 10.8. The van der Waals surface area contributed by atoms with Crippen LogP contribution >= 0.6 is 0 Å². The molecule has 0 saturated carbocycles. The smallest absolute Gasteiger partial charge is 0.135 e. The zero-order valence-corrected chi connectivity index (χ0v) is 21.3. The molecule has 0 bridgehead atoms. The monoisotopic (exact) mass is 496 g/mol. The molecule has 0 unspecified atom stereocenters. The van der Waals surface area contributed by atoms with Crippen LogP contribution in [0, 0.1) is 0 Å². The van der Waals surface area contributed by atoms with Gasteiger partial charge in [-0.2, -0.15) is 0 Å². The van der Waals surface area contributed by atoms with Gasteiger partial charge in [0, 0.05) is 10.9 Å². The van der Waals surface area contributed by atoms with Gasteiger partial charge in [-0.25, -0.2) is 0 Å². The van der Waals surface area contributed by atoms with Crippen molar-refractivity contribution in [1.82, 2.24) is 0 Å². The second-order valence-corrected chi connectivity index (χ2v) is 10.1. The highest BCUT2D eigenvalue weighted by Gasteiger charge is 2.21. The maximum absolute atomic E-state index is 6.31. The maximum Gasteiger partial charge on any atom is 0.135 e. The Labute approximate surface area is 227 Å². The molecule has 1 heteroatoms. The Morgan fingerprint density at radius 1 is 0.308 bits per heavy atom. The van der Waals surface area contributed by atoms with Gasteiger partial charge >= 0.3 is 0 Å². The molecule has 1 nitrogen and oxygen atoms in total. The Bertz CT molecular complexity index is 2010. The summed E-state index contributed by atoms with van der Waals surface area (Å²) < 4.78 is 6.31. The fraction of sp³-hybridized carbons (Fsp3) is 0. The van der Waals surface area contributed by atoms with Crippen LogP contribution in [0.3, 0.4) is 0 Å². The van der Waals surface area contributed by atoms with E-state index in [-0.39, 0.29) is 0 Å². The summed E-state index contributed by atoms with van der Waals surface area (Å²) >= 11 is 0. The van der Waals surface area contributed by atoms with Gasteiger partial charge in [0.2, 0.25) is 0 Å². The molecular weight excluding hydrogens is 472 g/mol. The minimum absolute atomic E-state index is 0.916. The molecule has 0 atom stereocenters. The van der Waals surface area contributed by atoms with E-state index in [9.17, 15) is 0 Å². The molecule has 7 aromatic carbocycles. The third kappa shape index (κ3) is 3.48. The van der Waals surface area contributed by atoms with Crippen molar-refractivity contribution in [2.75, 3.05) is 0 Å². The molecule has 0 aliphatic carbocycles. The van der Waals surface area contributed by atoms with Crippen LogP contribution in [0.1, 0.15) is 0 Å². The second kappa shape index (κ2) is 8.72. The van der Waals surface area contributed by atoms with Crippen LogP contribution in [0.4, 0.5) is 0 Å². The fourth-order valence-corrected chi connectivity index (χ4v) is 6.10. The topological polar surface area (TPSA) is 9.23 Å². The van der Waals surface area contributed by atoms with Crippen LogP contribution in [-0.4, -0.2) is 0 Å². The number of benzene rings is 7. The van der Waals surface area contributed by atoms with E-state index in [1.165, 1.54) is 60.5 Å². The van der Waals surface area contributed by atoms with Crippen LogP contribution in [0.15, 0.2) is 146 Å². The lowest BCUT2D eigenvalue weighted by Gasteiger charge is -2.22. The van der Waals surface area contributed by atoms with Crippen LogP contribution in [0.25, 0.3) is 66.1 Å². The molecule has 8 rings (SSSR count). The summed E-state index contributed by atoms with van der Waals surface area (Å²) in [7, 11) is 0. The van der Waals surface area contributed by atoms with Crippen molar-refractivity contribution in [2.45, 2.75) is 0 Å². The predicted molar refractivity (Wildman–Crippen MR) is 163 cm³/mol.